The Kier molecular flexibility index (Phi) is 5.68. The van der Waals surface area contributed by atoms with Crippen molar-refractivity contribution >= 4 is 23.5 Å². The summed E-state index contributed by atoms with van der Waals surface area (Å²) in [5.74, 6) is -2.37. The highest BCUT2D eigenvalue weighted by Crippen LogP contribution is 2.18. The Labute approximate surface area is 140 Å². The fraction of sp³-hybridized carbons (Fsp3) is 0.412. The predicted molar refractivity (Wildman–Crippen MR) is 86.9 cm³/mol. The molecule has 0 saturated heterocycles. The molecule has 3 amide bonds. The Balaban J connectivity index is 1.71. The van der Waals surface area contributed by atoms with Gasteiger partial charge in [0.2, 0.25) is 5.91 Å². The molecule has 2 rings (SSSR count). The van der Waals surface area contributed by atoms with E-state index in [-0.39, 0.29) is 24.7 Å². The monoisotopic (exact) mass is 331 g/mol. The number of carbonyl (C=O) groups excluding carboxylic acids is 4. The molecule has 128 valence electrons. The van der Waals surface area contributed by atoms with Crippen LogP contribution in [0.1, 0.15) is 47.2 Å². The van der Waals surface area contributed by atoms with Crippen LogP contribution < -0.4 is 16.2 Å². The molecule has 0 radical (unpaired) electrons. The zero-order chi connectivity index (χ0) is 17.7. The number of ketones is 1. The maximum Gasteiger partial charge on any atom is 0.327 e. The Morgan fingerprint density at radius 2 is 1.67 bits per heavy atom. The van der Waals surface area contributed by atoms with Crippen LogP contribution in [-0.4, -0.2) is 29.5 Å². The summed E-state index contributed by atoms with van der Waals surface area (Å²) >= 11 is 0. The average molecular weight is 331 g/mol. The molecule has 1 aromatic rings. The van der Waals surface area contributed by atoms with Crippen LogP contribution in [0.4, 0.5) is 0 Å². The summed E-state index contributed by atoms with van der Waals surface area (Å²) in [4.78, 5) is 46.5. The fourth-order valence-corrected chi connectivity index (χ4v) is 2.01. The van der Waals surface area contributed by atoms with Crippen molar-refractivity contribution in [3.8, 4) is 0 Å². The number of hydrogen-bond acceptors (Lipinski definition) is 4. The third kappa shape index (κ3) is 5.19. The number of Topliss-reactive ketones (excluding diaryl/α,β-unsaturated/α-hetero) is 1. The van der Waals surface area contributed by atoms with E-state index < -0.39 is 17.7 Å². The fourth-order valence-electron chi connectivity index (χ4n) is 2.01. The molecule has 0 heterocycles. The molecule has 3 N–H and O–H groups in total. The van der Waals surface area contributed by atoms with Crippen molar-refractivity contribution in [2.75, 3.05) is 0 Å². The van der Waals surface area contributed by atoms with Gasteiger partial charge in [-0.2, -0.15) is 0 Å². The number of aryl methyl sites for hydroxylation is 2. The summed E-state index contributed by atoms with van der Waals surface area (Å²) in [5, 5.41) is 2.50. The second-order valence-corrected chi connectivity index (χ2v) is 5.97. The van der Waals surface area contributed by atoms with Gasteiger partial charge in [0.15, 0.2) is 5.78 Å². The van der Waals surface area contributed by atoms with Gasteiger partial charge >= 0.3 is 11.8 Å². The molecule has 7 heteroatoms. The van der Waals surface area contributed by atoms with Crippen molar-refractivity contribution in [1.82, 2.24) is 16.2 Å². The molecule has 0 unspecified atom stereocenters. The van der Waals surface area contributed by atoms with Crippen LogP contribution >= 0.6 is 0 Å². The zero-order valence-electron chi connectivity index (χ0n) is 13.8. The highest BCUT2D eigenvalue weighted by atomic mass is 16.2. The summed E-state index contributed by atoms with van der Waals surface area (Å²) < 4.78 is 0. The first-order valence-electron chi connectivity index (χ1n) is 7.87. The van der Waals surface area contributed by atoms with E-state index in [0.717, 1.165) is 24.0 Å². The standard InChI is InChI=1S/C17H21N3O4/c1-10-3-4-12(9-11(10)2)14(21)7-8-15(22)19-20-17(24)16(23)18-13-5-6-13/h3-4,9,13H,5-8H2,1-2H3,(H,18,23)(H,19,22)(H,20,24). The lowest BCUT2D eigenvalue weighted by Crippen LogP contribution is -2.49. The molecule has 0 spiro atoms. The van der Waals surface area contributed by atoms with E-state index >= 15 is 0 Å². The second kappa shape index (κ2) is 7.72. The lowest BCUT2D eigenvalue weighted by atomic mass is 10.0. The molecule has 0 aromatic heterocycles. The van der Waals surface area contributed by atoms with Crippen LogP contribution in [0.2, 0.25) is 0 Å². The third-order valence-electron chi connectivity index (χ3n) is 3.84. The topological polar surface area (TPSA) is 104 Å². The number of hydrogen-bond donors (Lipinski definition) is 3. The predicted octanol–water partition coefficient (Wildman–Crippen LogP) is 0.692. The highest BCUT2D eigenvalue weighted by Gasteiger charge is 2.26. The Morgan fingerprint density at radius 3 is 2.29 bits per heavy atom. The number of hydrazine groups is 1. The van der Waals surface area contributed by atoms with E-state index in [4.69, 9.17) is 0 Å². The van der Waals surface area contributed by atoms with Crippen molar-refractivity contribution in [2.45, 2.75) is 45.6 Å². The molecule has 1 saturated carbocycles. The molecular weight excluding hydrogens is 310 g/mol. The maximum atomic E-state index is 12.1. The summed E-state index contributed by atoms with van der Waals surface area (Å²) in [6, 6.07) is 5.45. The Morgan fingerprint density at radius 1 is 0.958 bits per heavy atom. The molecule has 1 aliphatic carbocycles. The number of rotatable bonds is 5. The normalized spacial score (nSPS) is 13.1. The Bertz CT molecular complexity index is 680. The minimum absolute atomic E-state index is 0.0263. The Hall–Kier alpha value is -2.70. The summed E-state index contributed by atoms with van der Waals surface area (Å²) in [6.07, 6.45) is 1.69. The SMILES string of the molecule is Cc1ccc(C(=O)CCC(=O)NNC(=O)C(=O)NC2CC2)cc1C. The number of benzene rings is 1. The van der Waals surface area contributed by atoms with Crippen molar-refractivity contribution in [2.24, 2.45) is 0 Å². The van der Waals surface area contributed by atoms with Crippen LogP contribution in [0.5, 0.6) is 0 Å². The van der Waals surface area contributed by atoms with Gasteiger partial charge in [0, 0.05) is 24.4 Å². The van der Waals surface area contributed by atoms with Gasteiger partial charge in [-0.3, -0.25) is 30.0 Å². The van der Waals surface area contributed by atoms with Crippen molar-refractivity contribution in [3.63, 3.8) is 0 Å². The molecule has 7 nitrogen and oxygen atoms in total. The summed E-state index contributed by atoms with van der Waals surface area (Å²) in [7, 11) is 0. The first-order chi connectivity index (χ1) is 11.4. The molecule has 0 atom stereocenters. The molecule has 1 aromatic carbocycles. The highest BCUT2D eigenvalue weighted by molar-refractivity contribution is 6.35. The van der Waals surface area contributed by atoms with Crippen molar-refractivity contribution < 1.29 is 19.2 Å². The molecule has 1 aliphatic rings. The molecule has 24 heavy (non-hydrogen) atoms. The molecule has 1 fully saturated rings. The van der Waals surface area contributed by atoms with Crippen molar-refractivity contribution in [1.29, 1.82) is 0 Å². The molecular formula is C17H21N3O4. The first-order valence-corrected chi connectivity index (χ1v) is 7.87. The van der Waals surface area contributed by atoms with E-state index in [0.29, 0.717) is 5.56 Å². The van der Waals surface area contributed by atoms with Gasteiger partial charge in [0.1, 0.15) is 0 Å². The average Bonchev–Trinajstić information content (AvgIpc) is 3.36. The third-order valence-corrected chi connectivity index (χ3v) is 3.84. The molecule has 0 aliphatic heterocycles. The van der Waals surface area contributed by atoms with Crippen LogP contribution in [0, 0.1) is 13.8 Å². The van der Waals surface area contributed by atoms with E-state index in [1.807, 2.05) is 25.3 Å². The van der Waals surface area contributed by atoms with E-state index in [1.54, 1.807) is 12.1 Å². The van der Waals surface area contributed by atoms with Gasteiger partial charge in [-0.25, -0.2) is 0 Å². The van der Waals surface area contributed by atoms with Gasteiger partial charge < -0.3 is 5.32 Å². The van der Waals surface area contributed by atoms with Crippen LogP contribution in [0.3, 0.4) is 0 Å². The summed E-state index contributed by atoms with van der Waals surface area (Å²) in [5.41, 5.74) is 6.83. The maximum absolute atomic E-state index is 12.1. The minimum Gasteiger partial charge on any atom is -0.345 e. The number of nitrogens with one attached hydrogen (secondary N) is 3. The first kappa shape index (κ1) is 17.7. The van der Waals surface area contributed by atoms with Gasteiger partial charge in [-0.05, 0) is 43.9 Å². The van der Waals surface area contributed by atoms with E-state index in [2.05, 4.69) is 10.7 Å². The van der Waals surface area contributed by atoms with Crippen LogP contribution in [0.25, 0.3) is 0 Å². The van der Waals surface area contributed by atoms with Crippen LogP contribution in [-0.2, 0) is 14.4 Å². The minimum atomic E-state index is -0.921. The van der Waals surface area contributed by atoms with Gasteiger partial charge in [0.05, 0.1) is 0 Å². The lowest BCUT2D eigenvalue weighted by molar-refractivity contribution is -0.141. The second-order valence-electron chi connectivity index (χ2n) is 5.97. The number of amides is 3. The van der Waals surface area contributed by atoms with E-state index in [9.17, 15) is 19.2 Å². The quantitative estimate of drug-likeness (QED) is 0.419. The smallest absolute Gasteiger partial charge is 0.327 e. The zero-order valence-corrected chi connectivity index (χ0v) is 13.8. The van der Waals surface area contributed by atoms with E-state index in [1.165, 1.54) is 0 Å². The van der Waals surface area contributed by atoms with Crippen LogP contribution in [0.15, 0.2) is 18.2 Å². The van der Waals surface area contributed by atoms with Gasteiger partial charge in [0.25, 0.3) is 0 Å². The summed E-state index contributed by atoms with van der Waals surface area (Å²) in [6.45, 7) is 3.88. The largest absolute Gasteiger partial charge is 0.345 e. The van der Waals surface area contributed by atoms with Gasteiger partial charge in [-0.15, -0.1) is 0 Å². The number of carbonyl (C=O) groups is 4. The lowest BCUT2D eigenvalue weighted by Gasteiger charge is -2.08. The van der Waals surface area contributed by atoms with Gasteiger partial charge in [-0.1, -0.05) is 12.1 Å². The molecule has 0 bridgehead atoms. The van der Waals surface area contributed by atoms with Crippen molar-refractivity contribution in [3.05, 3.63) is 34.9 Å².